The topological polar surface area (TPSA) is 9.23 Å². The van der Waals surface area contributed by atoms with Crippen LogP contribution in [0.5, 0.6) is 0 Å². The largest absolute Gasteiger partial charge is 0.358 e. The minimum atomic E-state index is -3.39. The Hall–Kier alpha value is -0.390. The zero-order valence-corrected chi connectivity index (χ0v) is 16.9. The van der Waals surface area contributed by atoms with Gasteiger partial charge in [-0.1, -0.05) is 45.4 Å². The Morgan fingerprint density at radius 3 is 1.71 bits per heavy atom. The molecule has 0 heterocycles. The van der Waals surface area contributed by atoms with Crippen molar-refractivity contribution in [2.45, 2.75) is 115 Å². The molecule has 3 aliphatic carbocycles. The molecular formula is C22H35F5O. The van der Waals surface area contributed by atoms with Crippen LogP contribution in [-0.4, -0.2) is 30.7 Å². The standard InChI is InChI=1S/C22H35F5O/c1-14-2-4-15(5-3-14)6-7-16-8-10-17(11-9-16)22(26,27)28-18-12-19(23)21(25)20(24)13-18/h14-21H,2-13H2,1H3. The SMILES string of the molecule is CC1CCC(CCC2CCC(C(F)(F)OC3CC(F)C(F)C(F)C3)CC2)CC1. The predicted molar refractivity (Wildman–Crippen MR) is 99.5 cm³/mol. The van der Waals surface area contributed by atoms with Crippen molar-refractivity contribution in [3.8, 4) is 0 Å². The van der Waals surface area contributed by atoms with Crippen LogP contribution in [0.4, 0.5) is 22.0 Å². The Morgan fingerprint density at radius 2 is 1.21 bits per heavy atom. The molecule has 0 N–H and O–H groups in total. The Kier molecular flexibility index (Phi) is 7.66. The van der Waals surface area contributed by atoms with Crippen LogP contribution in [0.25, 0.3) is 0 Å². The van der Waals surface area contributed by atoms with Crippen LogP contribution in [0.15, 0.2) is 0 Å². The van der Waals surface area contributed by atoms with Crippen molar-refractivity contribution in [3.63, 3.8) is 0 Å². The van der Waals surface area contributed by atoms with Crippen molar-refractivity contribution in [1.82, 2.24) is 0 Å². The van der Waals surface area contributed by atoms with Gasteiger partial charge in [-0.05, 0) is 43.4 Å². The Labute approximate surface area is 165 Å². The first-order valence-corrected chi connectivity index (χ1v) is 11.2. The molecule has 3 fully saturated rings. The molecule has 3 rings (SSSR count). The van der Waals surface area contributed by atoms with Gasteiger partial charge in [0.05, 0.1) is 12.0 Å². The quantitative estimate of drug-likeness (QED) is 0.421. The van der Waals surface area contributed by atoms with Crippen molar-refractivity contribution in [3.05, 3.63) is 0 Å². The summed E-state index contributed by atoms with van der Waals surface area (Å²) in [6.07, 6.45) is -2.14. The molecule has 6 heteroatoms. The van der Waals surface area contributed by atoms with E-state index in [2.05, 4.69) is 6.92 Å². The molecule has 164 valence electrons. The fraction of sp³-hybridized carbons (Fsp3) is 1.00. The van der Waals surface area contributed by atoms with Crippen molar-refractivity contribution >= 4 is 0 Å². The third-order valence-corrected chi connectivity index (χ3v) is 7.43. The highest BCUT2D eigenvalue weighted by Gasteiger charge is 2.48. The molecule has 3 aliphatic rings. The molecule has 0 aromatic carbocycles. The number of alkyl halides is 5. The second-order valence-electron chi connectivity index (χ2n) is 9.67. The van der Waals surface area contributed by atoms with E-state index >= 15 is 0 Å². The molecule has 2 unspecified atom stereocenters. The van der Waals surface area contributed by atoms with E-state index in [4.69, 9.17) is 4.74 Å². The average molecular weight is 411 g/mol. The molecule has 0 radical (unpaired) electrons. The van der Waals surface area contributed by atoms with Gasteiger partial charge in [-0.15, -0.1) is 0 Å². The molecule has 0 bridgehead atoms. The number of halogens is 5. The van der Waals surface area contributed by atoms with E-state index in [-0.39, 0.29) is 0 Å². The van der Waals surface area contributed by atoms with Crippen LogP contribution in [0.2, 0.25) is 0 Å². The lowest BCUT2D eigenvalue weighted by Gasteiger charge is -2.37. The smallest absolute Gasteiger partial charge is 0.317 e. The maximum absolute atomic E-state index is 14.5. The molecule has 1 nitrogen and oxygen atoms in total. The van der Waals surface area contributed by atoms with E-state index in [1.807, 2.05) is 0 Å². The summed E-state index contributed by atoms with van der Waals surface area (Å²) in [7, 11) is 0. The lowest BCUT2D eigenvalue weighted by molar-refractivity contribution is -0.306. The van der Waals surface area contributed by atoms with Crippen molar-refractivity contribution in [1.29, 1.82) is 0 Å². The van der Waals surface area contributed by atoms with Crippen LogP contribution in [0.1, 0.15) is 84.0 Å². The van der Waals surface area contributed by atoms with Gasteiger partial charge < -0.3 is 4.74 Å². The summed E-state index contributed by atoms with van der Waals surface area (Å²) in [4.78, 5) is 0. The third kappa shape index (κ3) is 5.82. The van der Waals surface area contributed by atoms with Crippen molar-refractivity contribution < 1.29 is 26.7 Å². The summed E-state index contributed by atoms with van der Waals surface area (Å²) in [5.74, 6) is 1.23. The molecule has 2 atom stereocenters. The first-order chi connectivity index (χ1) is 13.2. The fourth-order valence-electron chi connectivity index (χ4n) is 5.38. The van der Waals surface area contributed by atoms with Crippen molar-refractivity contribution in [2.75, 3.05) is 0 Å². The zero-order valence-electron chi connectivity index (χ0n) is 16.9. The minimum absolute atomic E-state index is 0.385. The fourth-order valence-corrected chi connectivity index (χ4v) is 5.38. The summed E-state index contributed by atoms with van der Waals surface area (Å²) < 4.78 is 74.0. The first kappa shape index (κ1) is 22.3. The molecule has 0 aliphatic heterocycles. The predicted octanol–water partition coefficient (Wildman–Crippen LogP) is 7.19. The van der Waals surface area contributed by atoms with Crippen molar-refractivity contribution in [2.24, 2.45) is 23.7 Å². The molecule has 0 spiro atoms. The highest BCUT2D eigenvalue weighted by molar-refractivity contribution is 4.89. The maximum Gasteiger partial charge on any atom is 0.358 e. The second kappa shape index (κ2) is 9.61. The van der Waals surface area contributed by atoms with Gasteiger partial charge in [-0.2, -0.15) is 8.78 Å². The maximum atomic E-state index is 14.5. The van der Waals surface area contributed by atoms with Gasteiger partial charge in [0, 0.05) is 12.8 Å². The highest BCUT2D eigenvalue weighted by Crippen LogP contribution is 2.43. The van der Waals surface area contributed by atoms with Crippen LogP contribution in [-0.2, 0) is 4.74 Å². The van der Waals surface area contributed by atoms with Gasteiger partial charge >= 0.3 is 6.11 Å². The lowest BCUT2D eigenvalue weighted by atomic mass is 9.75. The van der Waals surface area contributed by atoms with E-state index in [0.717, 1.165) is 31.1 Å². The van der Waals surface area contributed by atoms with Gasteiger partial charge in [0.15, 0.2) is 6.17 Å². The van der Waals surface area contributed by atoms with E-state index in [0.29, 0.717) is 18.8 Å². The second-order valence-corrected chi connectivity index (χ2v) is 9.67. The molecule has 28 heavy (non-hydrogen) atoms. The van der Waals surface area contributed by atoms with Crippen LogP contribution in [0.3, 0.4) is 0 Å². The minimum Gasteiger partial charge on any atom is -0.317 e. The molecular weight excluding hydrogens is 375 g/mol. The van der Waals surface area contributed by atoms with Crippen LogP contribution >= 0.6 is 0 Å². The van der Waals surface area contributed by atoms with Gasteiger partial charge in [0.1, 0.15) is 12.3 Å². The highest BCUT2D eigenvalue weighted by atomic mass is 19.3. The van der Waals surface area contributed by atoms with Gasteiger partial charge in [0.2, 0.25) is 0 Å². The summed E-state index contributed by atoms with van der Waals surface area (Å²) in [5.41, 5.74) is 0. The van der Waals surface area contributed by atoms with E-state index in [9.17, 15) is 22.0 Å². The van der Waals surface area contributed by atoms with E-state index in [1.54, 1.807) is 0 Å². The van der Waals surface area contributed by atoms with E-state index in [1.165, 1.54) is 32.1 Å². The summed E-state index contributed by atoms with van der Waals surface area (Å²) in [6, 6.07) is 0. The molecule has 0 aromatic heterocycles. The Balaban J connectivity index is 1.39. The zero-order chi connectivity index (χ0) is 20.3. The summed E-state index contributed by atoms with van der Waals surface area (Å²) >= 11 is 0. The monoisotopic (exact) mass is 410 g/mol. The normalized spacial score (nSPS) is 43.1. The number of ether oxygens (including phenoxy) is 1. The third-order valence-electron chi connectivity index (χ3n) is 7.43. The number of hydrogen-bond acceptors (Lipinski definition) is 1. The molecule has 0 aromatic rings. The van der Waals surface area contributed by atoms with Gasteiger partial charge in [0.25, 0.3) is 0 Å². The van der Waals surface area contributed by atoms with Gasteiger partial charge in [-0.25, -0.2) is 13.2 Å². The molecule has 0 amide bonds. The number of hydrogen-bond donors (Lipinski definition) is 0. The Bertz CT molecular complexity index is 460. The summed E-state index contributed by atoms with van der Waals surface area (Å²) in [5, 5.41) is 0. The molecule has 3 saturated carbocycles. The Morgan fingerprint density at radius 1 is 0.750 bits per heavy atom. The first-order valence-electron chi connectivity index (χ1n) is 11.2. The molecule has 0 saturated heterocycles. The lowest BCUT2D eigenvalue weighted by Crippen LogP contribution is -2.45. The van der Waals surface area contributed by atoms with Crippen LogP contribution < -0.4 is 0 Å². The number of rotatable bonds is 6. The van der Waals surface area contributed by atoms with Gasteiger partial charge in [-0.3, -0.25) is 0 Å². The van der Waals surface area contributed by atoms with Crippen LogP contribution in [0, 0.1) is 23.7 Å². The van der Waals surface area contributed by atoms with E-state index < -0.39 is 49.5 Å². The summed E-state index contributed by atoms with van der Waals surface area (Å²) in [6.45, 7) is 2.31. The average Bonchev–Trinajstić information content (AvgIpc) is 2.65.